The van der Waals surface area contributed by atoms with Crippen molar-refractivity contribution in [3.05, 3.63) is 24.0 Å². The highest BCUT2D eigenvalue weighted by Crippen LogP contribution is 2.30. The Balaban J connectivity index is 2.24. The maximum absolute atomic E-state index is 5.62. The van der Waals surface area contributed by atoms with Crippen LogP contribution in [0.4, 0.5) is 0 Å². The molecule has 1 aromatic heterocycles. The number of ether oxygens (including phenoxy) is 2. The van der Waals surface area contributed by atoms with Crippen LogP contribution in [0, 0.1) is 0 Å². The number of hydrogen-bond donors (Lipinski definition) is 2. The summed E-state index contributed by atoms with van der Waals surface area (Å²) in [6.07, 6.45) is 3.87. The molecule has 88 valence electrons. The van der Waals surface area contributed by atoms with Gasteiger partial charge in [-0.3, -0.25) is 10.8 Å². The third kappa shape index (κ3) is 2.16. The molecule has 0 bridgehead atoms. The zero-order valence-corrected chi connectivity index (χ0v) is 9.35. The zero-order chi connectivity index (χ0) is 11.4. The largest absolute Gasteiger partial charge is 0.495 e. The molecule has 0 saturated carbocycles. The fourth-order valence-corrected chi connectivity index (χ4v) is 2.04. The number of nitrogens with zero attached hydrogens (tertiary/aromatic N) is 1. The maximum Gasteiger partial charge on any atom is 0.142 e. The third-order valence-electron chi connectivity index (χ3n) is 2.83. The van der Waals surface area contributed by atoms with E-state index >= 15 is 0 Å². The van der Waals surface area contributed by atoms with Crippen LogP contribution in [-0.2, 0) is 4.74 Å². The topological polar surface area (TPSA) is 69.4 Å². The number of methoxy groups -OCH3 is 1. The summed E-state index contributed by atoms with van der Waals surface area (Å²) >= 11 is 0. The maximum atomic E-state index is 5.62. The van der Waals surface area contributed by atoms with Crippen molar-refractivity contribution in [1.82, 2.24) is 10.4 Å². The van der Waals surface area contributed by atoms with Gasteiger partial charge in [0.1, 0.15) is 11.4 Å². The minimum Gasteiger partial charge on any atom is -0.495 e. The van der Waals surface area contributed by atoms with E-state index in [2.05, 4.69) is 10.4 Å². The monoisotopic (exact) mass is 223 g/mol. The molecule has 2 unspecified atom stereocenters. The van der Waals surface area contributed by atoms with Crippen molar-refractivity contribution < 1.29 is 9.47 Å². The van der Waals surface area contributed by atoms with Crippen LogP contribution in [0.2, 0.25) is 0 Å². The van der Waals surface area contributed by atoms with Gasteiger partial charge in [0, 0.05) is 12.8 Å². The van der Waals surface area contributed by atoms with Crippen LogP contribution in [-0.4, -0.2) is 24.8 Å². The summed E-state index contributed by atoms with van der Waals surface area (Å²) in [5, 5.41) is 0. The van der Waals surface area contributed by atoms with Crippen molar-refractivity contribution in [3.8, 4) is 5.75 Å². The molecule has 16 heavy (non-hydrogen) atoms. The molecule has 1 aromatic rings. The molecule has 1 fully saturated rings. The molecule has 0 aromatic carbocycles. The fourth-order valence-electron chi connectivity index (χ4n) is 2.04. The Bertz CT molecular complexity index is 340. The number of pyridine rings is 1. The van der Waals surface area contributed by atoms with E-state index in [-0.39, 0.29) is 12.1 Å². The standard InChI is InChI=1S/C11H17N3O2/c1-15-8-4-2-6-13-10(8)11(14-12)9-5-3-7-16-9/h2,4,6,9,11,14H,3,5,7,12H2,1H3. The Labute approximate surface area is 94.9 Å². The molecule has 1 aliphatic rings. The van der Waals surface area contributed by atoms with Gasteiger partial charge < -0.3 is 9.47 Å². The third-order valence-corrected chi connectivity index (χ3v) is 2.83. The van der Waals surface area contributed by atoms with Crippen LogP contribution >= 0.6 is 0 Å². The Hall–Kier alpha value is -1.17. The molecule has 5 heteroatoms. The Morgan fingerprint density at radius 3 is 3.19 bits per heavy atom. The van der Waals surface area contributed by atoms with Gasteiger partial charge in [-0.15, -0.1) is 0 Å². The molecule has 2 atom stereocenters. The van der Waals surface area contributed by atoms with Gasteiger partial charge in [-0.2, -0.15) is 0 Å². The normalized spacial score (nSPS) is 22.0. The lowest BCUT2D eigenvalue weighted by Gasteiger charge is -2.22. The second-order valence-corrected chi connectivity index (χ2v) is 3.79. The summed E-state index contributed by atoms with van der Waals surface area (Å²) in [5.74, 6) is 6.32. The average molecular weight is 223 g/mol. The van der Waals surface area contributed by atoms with Gasteiger partial charge in [-0.05, 0) is 25.0 Å². The molecular formula is C11H17N3O2. The number of hydrogen-bond acceptors (Lipinski definition) is 5. The zero-order valence-electron chi connectivity index (χ0n) is 9.35. The van der Waals surface area contributed by atoms with Crippen molar-refractivity contribution in [2.75, 3.05) is 13.7 Å². The smallest absolute Gasteiger partial charge is 0.142 e. The molecule has 0 amide bonds. The molecule has 3 N–H and O–H groups in total. The minimum atomic E-state index is -0.112. The van der Waals surface area contributed by atoms with Crippen LogP contribution in [0.1, 0.15) is 24.6 Å². The van der Waals surface area contributed by atoms with E-state index in [1.165, 1.54) is 0 Å². The van der Waals surface area contributed by atoms with Crippen molar-refractivity contribution in [2.24, 2.45) is 5.84 Å². The van der Waals surface area contributed by atoms with Crippen LogP contribution in [0.3, 0.4) is 0 Å². The van der Waals surface area contributed by atoms with Gasteiger partial charge >= 0.3 is 0 Å². The van der Waals surface area contributed by atoms with Crippen molar-refractivity contribution in [1.29, 1.82) is 0 Å². The number of rotatable bonds is 4. The molecule has 2 heterocycles. The molecular weight excluding hydrogens is 206 g/mol. The highest BCUT2D eigenvalue weighted by molar-refractivity contribution is 5.30. The second-order valence-electron chi connectivity index (χ2n) is 3.79. The Morgan fingerprint density at radius 2 is 2.56 bits per heavy atom. The molecule has 0 aliphatic carbocycles. The second kappa shape index (κ2) is 5.25. The van der Waals surface area contributed by atoms with Crippen LogP contribution < -0.4 is 16.0 Å². The Morgan fingerprint density at radius 1 is 1.69 bits per heavy atom. The van der Waals surface area contributed by atoms with Crippen molar-refractivity contribution in [2.45, 2.75) is 25.0 Å². The summed E-state index contributed by atoms with van der Waals surface area (Å²) in [7, 11) is 1.63. The van der Waals surface area contributed by atoms with Crippen LogP contribution in [0.5, 0.6) is 5.75 Å². The minimum absolute atomic E-state index is 0.0776. The number of hydrazine groups is 1. The summed E-state index contributed by atoms with van der Waals surface area (Å²) in [6.45, 7) is 0.790. The summed E-state index contributed by atoms with van der Waals surface area (Å²) in [4.78, 5) is 4.32. The SMILES string of the molecule is COc1cccnc1C(NN)C1CCCO1. The molecule has 5 nitrogen and oxygen atoms in total. The summed E-state index contributed by atoms with van der Waals surface area (Å²) < 4.78 is 10.9. The van der Waals surface area contributed by atoms with E-state index in [4.69, 9.17) is 15.3 Å². The van der Waals surface area contributed by atoms with Crippen LogP contribution in [0.25, 0.3) is 0 Å². The summed E-state index contributed by atoms with van der Waals surface area (Å²) in [6, 6.07) is 3.60. The van der Waals surface area contributed by atoms with Crippen LogP contribution in [0.15, 0.2) is 18.3 Å². The molecule has 0 spiro atoms. The van der Waals surface area contributed by atoms with Gasteiger partial charge in [0.25, 0.3) is 0 Å². The van der Waals surface area contributed by atoms with Gasteiger partial charge in [0.2, 0.25) is 0 Å². The quantitative estimate of drug-likeness (QED) is 0.583. The highest BCUT2D eigenvalue weighted by atomic mass is 16.5. The number of aromatic nitrogens is 1. The van der Waals surface area contributed by atoms with Gasteiger partial charge in [-0.1, -0.05) is 0 Å². The van der Waals surface area contributed by atoms with Crippen molar-refractivity contribution in [3.63, 3.8) is 0 Å². The first-order chi connectivity index (χ1) is 7.86. The lowest BCUT2D eigenvalue weighted by Crippen LogP contribution is -2.37. The van der Waals surface area contributed by atoms with E-state index in [9.17, 15) is 0 Å². The fraction of sp³-hybridized carbons (Fsp3) is 0.545. The summed E-state index contributed by atoms with van der Waals surface area (Å²) in [5.41, 5.74) is 3.57. The Kier molecular flexibility index (Phi) is 3.71. The first-order valence-corrected chi connectivity index (χ1v) is 5.43. The van der Waals surface area contributed by atoms with Gasteiger partial charge in [0.05, 0.1) is 19.3 Å². The van der Waals surface area contributed by atoms with Gasteiger partial charge in [-0.25, -0.2) is 5.43 Å². The van der Waals surface area contributed by atoms with E-state index in [1.54, 1.807) is 13.3 Å². The van der Waals surface area contributed by atoms with E-state index < -0.39 is 0 Å². The molecule has 1 aliphatic heterocycles. The highest BCUT2D eigenvalue weighted by Gasteiger charge is 2.29. The van der Waals surface area contributed by atoms with E-state index in [1.807, 2.05) is 12.1 Å². The predicted molar refractivity (Wildman–Crippen MR) is 59.8 cm³/mol. The van der Waals surface area contributed by atoms with E-state index in [0.717, 1.165) is 30.9 Å². The van der Waals surface area contributed by atoms with Gasteiger partial charge in [0.15, 0.2) is 0 Å². The molecule has 1 saturated heterocycles. The van der Waals surface area contributed by atoms with E-state index in [0.29, 0.717) is 0 Å². The number of nitrogens with two attached hydrogens (primary N) is 1. The lowest BCUT2D eigenvalue weighted by molar-refractivity contribution is 0.0761. The molecule has 2 rings (SSSR count). The first-order valence-electron chi connectivity index (χ1n) is 5.43. The lowest BCUT2D eigenvalue weighted by atomic mass is 10.0. The first kappa shape index (κ1) is 11.3. The molecule has 0 radical (unpaired) electrons. The number of nitrogens with one attached hydrogen (secondary N) is 1. The average Bonchev–Trinajstić information content (AvgIpc) is 2.84. The predicted octanol–water partition coefficient (Wildman–Crippen LogP) is 0.774. The van der Waals surface area contributed by atoms with Crippen molar-refractivity contribution >= 4 is 0 Å².